The second-order valence-electron chi connectivity index (χ2n) is 4.40. The molecule has 4 heteroatoms. The van der Waals surface area contributed by atoms with Crippen LogP contribution in [0.15, 0.2) is 18.2 Å². The van der Waals surface area contributed by atoms with Gasteiger partial charge >= 0.3 is 0 Å². The number of nitrogens with zero attached hydrogens (tertiary/aromatic N) is 1. The Balaban J connectivity index is 3.01. The summed E-state index contributed by atoms with van der Waals surface area (Å²) in [6.07, 6.45) is -0.212. The Bertz CT molecular complexity index is 388. The number of nitro benzene ring substituents is 1. The summed E-state index contributed by atoms with van der Waals surface area (Å²) in [4.78, 5) is 10.4. The number of hydrogen-bond acceptors (Lipinski definition) is 3. The first kappa shape index (κ1) is 12.6. The lowest BCUT2D eigenvalue weighted by Gasteiger charge is -2.14. The monoisotopic (exact) mass is 223 g/mol. The maximum atomic E-state index is 10.8. The van der Waals surface area contributed by atoms with E-state index in [9.17, 15) is 15.2 Å². The zero-order valence-electron chi connectivity index (χ0n) is 9.80. The van der Waals surface area contributed by atoms with Gasteiger partial charge in [0.15, 0.2) is 0 Å². The maximum Gasteiger partial charge on any atom is 0.272 e. The summed E-state index contributed by atoms with van der Waals surface area (Å²) in [7, 11) is 0. The first-order valence-electron chi connectivity index (χ1n) is 5.33. The molecular weight excluding hydrogens is 206 g/mol. The number of aryl methyl sites for hydroxylation is 1. The molecule has 16 heavy (non-hydrogen) atoms. The number of rotatable bonds is 4. The molecule has 0 bridgehead atoms. The molecular formula is C12H17NO3. The molecule has 0 heterocycles. The molecule has 0 aliphatic carbocycles. The lowest BCUT2D eigenvalue weighted by atomic mass is 9.97. The normalized spacial score (nSPS) is 12.8. The minimum absolute atomic E-state index is 0.0882. The molecule has 0 aliphatic heterocycles. The first-order chi connectivity index (χ1) is 7.41. The number of hydrogen-bond donors (Lipinski definition) is 1. The van der Waals surface area contributed by atoms with Crippen molar-refractivity contribution in [2.75, 3.05) is 0 Å². The van der Waals surface area contributed by atoms with Gasteiger partial charge in [0.05, 0.1) is 11.0 Å². The minimum atomic E-state index is -0.541. The molecule has 0 saturated carbocycles. The molecule has 0 amide bonds. The molecule has 1 atom stereocenters. The van der Waals surface area contributed by atoms with E-state index in [1.54, 1.807) is 12.1 Å². The van der Waals surface area contributed by atoms with Gasteiger partial charge in [-0.15, -0.1) is 0 Å². The van der Waals surface area contributed by atoms with E-state index in [4.69, 9.17) is 0 Å². The van der Waals surface area contributed by atoms with Crippen LogP contribution in [0.2, 0.25) is 0 Å². The third kappa shape index (κ3) is 3.03. The van der Waals surface area contributed by atoms with Crippen LogP contribution in [-0.2, 0) is 6.42 Å². The molecule has 1 rings (SSSR count). The summed E-state index contributed by atoms with van der Waals surface area (Å²) in [6, 6.07) is 4.98. The summed E-state index contributed by atoms with van der Waals surface area (Å²) in [5, 5.41) is 20.6. The van der Waals surface area contributed by atoms with Crippen LogP contribution in [0.1, 0.15) is 25.0 Å². The Morgan fingerprint density at radius 3 is 2.56 bits per heavy atom. The van der Waals surface area contributed by atoms with Crippen LogP contribution < -0.4 is 0 Å². The molecule has 0 radical (unpaired) electrons. The standard InChI is InChI=1S/C12H17NO3/c1-8(2)12(14)7-10-6-9(3)4-5-11(10)13(15)16/h4-6,8,12,14H,7H2,1-3H3. The van der Waals surface area contributed by atoms with Crippen LogP contribution in [0.25, 0.3) is 0 Å². The van der Waals surface area contributed by atoms with Gasteiger partial charge in [-0.25, -0.2) is 0 Å². The molecule has 1 aromatic rings. The SMILES string of the molecule is Cc1ccc([N+](=O)[O-])c(CC(O)C(C)C)c1. The molecule has 1 unspecified atom stereocenters. The van der Waals surface area contributed by atoms with Gasteiger partial charge in [-0.05, 0) is 18.9 Å². The highest BCUT2D eigenvalue weighted by Gasteiger charge is 2.18. The van der Waals surface area contributed by atoms with E-state index in [1.165, 1.54) is 6.07 Å². The van der Waals surface area contributed by atoms with Gasteiger partial charge in [0, 0.05) is 18.1 Å². The van der Waals surface area contributed by atoms with Gasteiger partial charge in [-0.2, -0.15) is 0 Å². The third-order valence-corrected chi connectivity index (χ3v) is 2.63. The molecule has 4 nitrogen and oxygen atoms in total. The number of aliphatic hydroxyl groups is 1. The highest BCUT2D eigenvalue weighted by atomic mass is 16.6. The fourth-order valence-electron chi connectivity index (χ4n) is 1.52. The third-order valence-electron chi connectivity index (χ3n) is 2.63. The average Bonchev–Trinajstić information content (AvgIpc) is 2.16. The highest BCUT2D eigenvalue weighted by Crippen LogP contribution is 2.22. The van der Waals surface area contributed by atoms with Gasteiger partial charge in [-0.3, -0.25) is 10.1 Å². The van der Waals surface area contributed by atoms with Crippen molar-refractivity contribution < 1.29 is 10.0 Å². The molecule has 0 aliphatic rings. The fourth-order valence-corrected chi connectivity index (χ4v) is 1.52. The zero-order valence-corrected chi connectivity index (χ0v) is 9.80. The predicted octanol–water partition coefficient (Wildman–Crippen LogP) is 2.46. The van der Waals surface area contributed by atoms with Gasteiger partial charge in [0.1, 0.15) is 0 Å². The van der Waals surface area contributed by atoms with Crippen molar-refractivity contribution in [1.29, 1.82) is 0 Å². The number of benzene rings is 1. The zero-order chi connectivity index (χ0) is 12.3. The molecule has 1 N–H and O–H groups in total. The lowest BCUT2D eigenvalue weighted by molar-refractivity contribution is -0.385. The molecule has 0 aromatic heterocycles. The Morgan fingerprint density at radius 2 is 2.06 bits per heavy atom. The van der Waals surface area contributed by atoms with Crippen LogP contribution in [0.5, 0.6) is 0 Å². The van der Waals surface area contributed by atoms with E-state index in [2.05, 4.69) is 0 Å². The van der Waals surface area contributed by atoms with Gasteiger partial charge < -0.3 is 5.11 Å². The second kappa shape index (κ2) is 5.07. The van der Waals surface area contributed by atoms with Gasteiger partial charge in [0.2, 0.25) is 0 Å². The van der Waals surface area contributed by atoms with E-state index >= 15 is 0 Å². The summed E-state index contributed by atoms with van der Waals surface area (Å²) in [5.74, 6) is 0.0973. The summed E-state index contributed by atoms with van der Waals surface area (Å²) in [6.45, 7) is 5.67. The van der Waals surface area contributed by atoms with Crippen molar-refractivity contribution in [2.24, 2.45) is 5.92 Å². The van der Waals surface area contributed by atoms with E-state index in [0.29, 0.717) is 12.0 Å². The predicted molar refractivity (Wildman–Crippen MR) is 62.4 cm³/mol. The van der Waals surface area contributed by atoms with E-state index < -0.39 is 11.0 Å². The van der Waals surface area contributed by atoms with Crippen LogP contribution in [-0.4, -0.2) is 16.1 Å². The molecule has 0 saturated heterocycles. The Kier molecular flexibility index (Phi) is 4.01. The minimum Gasteiger partial charge on any atom is -0.393 e. The Morgan fingerprint density at radius 1 is 1.44 bits per heavy atom. The summed E-state index contributed by atoms with van der Waals surface area (Å²) in [5.41, 5.74) is 1.66. The second-order valence-corrected chi connectivity index (χ2v) is 4.40. The number of nitro groups is 1. The van der Waals surface area contributed by atoms with Crippen LogP contribution in [0.4, 0.5) is 5.69 Å². The Labute approximate surface area is 95.1 Å². The molecule has 0 spiro atoms. The van der Waals surface area contributed by atoms with Crippen LogP contribution >= 0.6 is 0 Å². The quantitative estimate of drug-likeness (QED) is 0.630. The average molecular weight is 223 g/mol. The maximum absolute atomic E-state index is 10.8. The molecule has 0 fully saturated rings. The van der Waals surface area contributed by atoms with Gasteiger partial charge in [0.25, 0.3) is 5.69 Å². The molecule has 88 valence electrons. The molecule has 1 aromatic carbocycles. The van der Waals surface area contributed by atoms with Crippen LogP contribution in [0.3, 0.4) is 0 Å². The summed E-state index contributed by atoms with van der Waals surface area (Å²) < 4.78 is 0. The van der Waals surface area contributed by atoms with Crippen molar-refractivity contribution in [1.82, 2.24) is 0 Å². The first-order valence-corrected chi connectivity index (χ1v) is 5.33. The summed E-state index contributed by atoms with van der Waals surface area (Å²) >= 11 is 0. The van der Waals surface area contributed by atoms with Crippen molar-refractivity contribution >= 4 is 5.69 Å². The van der Waals surface area contributed by atoms with Gasteiger partial charge in [-0.1, -0.05) is 25.5 Å². The topological polar surface area (TPSA) is 63.4 Å². The fraction of sp³-hybridized carbons (Fsp3) is 0.500. The highest BCUT2D eigenvalue weighted by molar-refractivity contribution is 5.42. The van der Waals surface area contributed by atoms with E-state index in [0.717, 1.165) is 5.56 Å². The van der Waals surface area contributed by atoms with E-state index in [-0.39, 0.29) is 11.6 Å². The van der Waals surface area contributed by atoms with Crippen molar-refractivity contribution in [2.45, 2.75) is 33.3 Å². The largest absolute Gasteiger partial charge is 0.393 e. The van der Waals surface area contributed by atoms with Crippen molar-refractivity contribution in [3.63, 3.8) is 0 Å². The van der Waals surface area contributed by atoms with Crippen molar-refractivity contribution in [3.8, 4) is 0 Å². The Hall–Kier alpha value is -1.42. The lowest BCUT2D eigenvalue weighted by Crippen LogP contribution is -2.18. The smallest absolute Gasteiger partial charge is 0.272 e. The number of aliphatic hydroxyl groups excluding tert-OH is 1. The van der Waals surface area contributed by atoms with Crippen molar-refractivity contribution in [3.05, 3.63) is 39.4 Å². The van der Waals surface area contributed by atoms with E-state index in [1.807, 2.05) is 20.8 Å². The van der Waals surface area contributed by atoms with Crippen LogP contribution in [0, 0.1) is 23.0 Å².